The van der Waals surface area contributed by atoms with Crippen molar-refractivity contribution in [2.24, 2.45) is 5.92 Å². The van der Waals surface area contributed by atoms with Crippen LogP contribution in [-0.4, -0.2) is 34.8 Å². The molecule has 1 saturated carbocycles. The number of nitrogens with zero attached hydrogens (tertiary/aromatic N) is 2. The summed E-state index contributed by atoms with van der Waals surface area (Å²) in [7, 11) is 0. The molecular formula is C23H31N3O2S. The Morgan fingerprint density at radius 1 is 1.17 bits per heavy atom. The monoisotopic (exact) mass is 413 g/mol. The average Bonchev–Trinajstić information content (AvgIpc) is 3.25. The summed E-state index contributed by atoms with van der Waals surface area (Å²) in [5, 5.41) is 5.19. The number of rotatable bonds is 9. The highest BCUT2D eigenvalue weighted by atomic mass is 32.1. The molecule has 1 N–H and O–H groups in total. The van der Waals surface area contributed by atoms with E-state index in [1.54, 1.807) is 11.1 Å². The number of benzene rings is 1. The minimum absolute atomic E-state index is 0.0620. The van der Waals surface area contributed by atoms with Gasteiger partial charge < -0.3 is 10.2 Å². The molecule has 0 saturated heterocycles. The summed E-state index contributed by atoms with van der Waals surface area (Å²) in [6.07, 6.45) is 11.0. The van der Waals surface area contributed by atoms with Crippen molar-refractivity contribution >= 4 is 28.3 Å². The van der Waals surface area contributed by atoms with E-state index in [9.17, 15) is 9.59 Å². The van der Waals surface area contributed by atoms with Gasteiger partial charge in [-0.15, -0.1) is 11.3 Å². The first-order valence-electron chi connectivity index (χ1n) is 10.7. The van der Waals surface area contributed by atoms with E-state index in [-0.39, 0.29) is 18.4 Å². The Morgan fingerprint density at radius 3 is 2.59 bits per heavy atom. The summed E-state index contributed by atoms with van der Waals surface area (Å²) < 4.78 is 0. The van der Waals surface area contributed by atoms with Crippen LogP contribution >= 0.6 is 11.3 Å². The third-order valence-electron chi connectivity index (χ3n) is 5.52. The predicted molar refractivity (Wildman–Crippen MR) is 118 cm³/mol. The third kappa shape index (κ3) is 6.67. The van der Waals surface area contributed by atoms with Crippen LogP contribution in [0.15, 0.2) is 35.8 Å². The van der Waals surface area contributed by atoms with Crippen LogP contribution in [0.3, 0.4) is 0 Å². The number of anilines is 1. The fraction of sp³-hybridized carbons (Fsp3) is 0.522. The number of unbranched alkanes of at least 4 members (excludes halogenated alkanes) is 1. The topological polar surface area (TPSA) is 62.3 Å². The summed E-state index contributed by atoms with van der Waals surface area (Å²) in [6, 6.07) is 7.88. The second-order valence-corrected chi connectivity index (χ2v) is 8.77. The van der Waals surface area contributed by atoms with Gasteiger partial charge in [-0.1, -0.05) is 44.7 Å². The Labute approximate surface area is 177 Å². The van der Waals surface area contributed by atoms with E-state index in [1.807, 2.05) is 29.6 Å². The number of thiazole rings is 1. The molecule has 1 aromatic heterocycles. The number of amides is 2. The van der Waals surface area contributed by atoms with Crippen LogP contribution in [-0.2, 0) is 11.2 Å². The second-order valence-electron chi connectivity index (χ2n) is 7.88. The van der Waals surface area contributed by atoms with E-state index in [4.69, 9.17) is 0 Å². The van der Waals surface area contributed by atoms with Gasteiger partial charge in [0.05, 0.1) is 0 Å². The van der Waals surface area contributed by atoms with E-state index < -0.39 is 0 Å². The van der Waals surface area contributed by atoms with E-state index in [0.29, 0.717) is 23.2 Å². The lowest BCUT2D eigenvalue weighted by atomic mass is 9.89. The maximum Gasteiger partial charge on any atom is 0.254 e. The predicted octanol–water partition coefficient (Wildman–Crippen LogP) is 5.15. The number of hydrogen-bond donors (Lipinski definition) is 1. The molecular weight excluding hydrogens is 382 g/mol. The van der Waals surface area contributed by atoms with Gasteiger partial charge in [0.1, 0.15) is 6.54 Å². The molecule has 0 bridgehead atoms. The first kappa shape index (κ1) is 21.5. The van der Waals surface area contributed by atoms with Crippen molar-refractivity contribution in [1.82, 2.24) is 9.88 Å². The van der Waals surface area contributed by atoms with Gasteiger partial charge in [-0.3, -0.25) is 9.59 Å². The van der Waals surface area contributed by atoms with Crippen LogP contribution < -0.4 is 5.32 Å². The highest BCUT2D eigenvalue weighted by Gasteiger charge is 2.24. The van der Waals surface area contributed by atoms with Crippen LogP contribution in [0, 0.1) is 5.92 Å². The number of carbonyl (C=O) groups excluding carboxylic acids is 2. The van der Waals surface area contributed by atoms with Gasteiger partial charge in [0.15, 0.2) is 5.13 Å². The number of nitrogens with one attached hydrogen (secondary N) is 1. The zero-order chi connectivity index (χ0) is 20.5. The SMILES string of the molecule is CCCCc1ccc(C(=O)N(CC(=O)Nc2nccs2)CC2CCCCC2)cc1. The van der Waals surface area contributed by atoms with Crippen LogP contribution in [0.5, 0.6) is 0 Å². The van der Waals surface area contributed by atoms with Gasteiger partial charge in [-0.25, -0.2) is 4.98 Å². The fourth-order valence-corrected chi connectivity index (χ4v) is 4.44. The van der Waals surface area contributed by atoms with Crippen LogP contribution in [0.1, 0.15) is 67.8 Å². The van der Waals surface area contributed by atoms with Crippen LogP contribution in [0.4, 0.5) is 5.13 Å². The first-order valence-corrected chi connectivity index (χ1v) is 11.6. The maximum absolute atomic E-state index is 13.2. The molecule has 5 nitrogen and oxygen atoms in total. The highest BCUT2D eigenvalue weighted by Crippen LogP contribution is 2.25. The molecule has 156 valence electrons. The van der Waals surface area contributed by atoms with Crippen molar-refractivity contribution in [3.63, 3.8) is 0 Å². The number of hydrogen-bond acceptors (Lipinski definition) is 4. The van der Waals surface area contributed by atoms with Crippen molar-refractivity contribution in [2.75, 3.05) is 18.4 Å². The molecule has 1 aliphatic rings. The lowest BCUT2D eigenvalue weighted by Gasteiger charge is -2.29. The quantitative estimate of drug-likeness (QED) is 0.619. The fourth-order valence-electron chi connectivity index (χ4n) is 3.90. The zero-order valence-corrected chi connectivity index (χ0v) is 18.0. The molecule has 1 aliphatic carbocycles. The average molecular weight is 414 g/mol. The van der Waals surface area contributed by atoms with Gasteiger partial charge in [0.25, 0.3) is 5.91 Å². The molecule has 29 heavy (non-hydrogen) atoms. The van der Waals surface area contributed by atoms with Crippen molar-refractivity contribution in [3.8, 4) is 0 Å². The maximum atomic E-state index is 13.2. The molecule has 2 aromatic rings. The summed E-state index contributed by atoms with van der Waals surface area (Å²) in [5.41, 5.74) is 1.91. The van der Waals surface area contributed by atoms with Gasteiger partial charge >= 0.3 is 0 Å². The van der Waals surface area contributed by atoms with Crippen molar-refractivity contribution in [2.45, 2.75) is 58.3 Å². The molecule has 0 spiro atoms. The minimum atomic E-state index is -0.191. The molecule has 2 amide bonds. The Kier molecular flexibility index (Phi) is 8.23. The lowest BCUT2D eigenvalue weighted by molar-refractivity contribution is -0.117. The number of aryl methyl sites for hydroxylation is 1. The van der Waals surface area contributed by atoms with E-state index in [0.717, 1.165) is 32.1 Å². The molecule has 3 rings (SSSR count). The Balaban J connectivity index is 1.68. The molecule has 0 unspecified atom stereocenters. The van der Waals surface area contributed by atoms with Gasteiger partial charge in [0, 0.05) is 23.7 Å². The van der Waals surface area contributed by atoms with E-state index >= 15 is 0 Å². The Hall–Kier alpha value is -2.21. The largest absolute Gasteiger partial charge is 0.329 e. The molecule has 1 aromatic carbocycles. The van der Waals surface area contributed by atoms with E-state index in [2.05, 4.69) is 17.2 Å². The van der Waals surface area contributed by atoms with Crippen molar-refractivity contribution in [3.05, 3.63) is 47.0 Å². The Morgan fingerprint density at radius 2 is 1.93 bits per heavy atom. The summed E-state index contributed by atoms with van der Waals surface area (Å²) in [4.78, 5) is 31.6. The van der Waals surface area contributed by atoms with Gasteiger partial charge in [-0.05, 0) is 49.3 Å². The Bertz CT molecular complexity index is 768. The standard InChI is InChI=1S/C23H31N3O2S/c1-2-3-7-18-10-12-20(13-11-18)22(28)26(16-19-8-5-4-6-9-19)17-21(27)25-23-24-14-15-29-23/h10-15,19H,2-9,16-17H2,1H3,(H,24,25,27). The lowest BCUT2D eigenvalue weighted by Crippen LogP contribution is -2.41. The number of aromatic nitrogens is 1. The molecule has 0 atom stereocenters. The molecule has 6 heteroatoms. The van der Waals surface area contributed by atoms with Crippen molar-refractivity contribution < 1.29 is 9.59 Å². The normalized spacial score (nSPS) is 14.5. The molecule has 0 radical (unpaired) electrons. The van der Waals surface area contributed by atoms with E-state index in [1.165, 1.54) is 36.2 Å². The zero-order valence-electron chi connectivity index (χ0n) is 17.2. The minimum Gasteiger partial charge on any atom is -0.329 e. The summed E-state index contributed by atoms with van der Waals surface area (Å²) >= 11 is 1.38. The van der Waals surface area contributed by atoms with Gasteiger partial charge in [-0.2, -0.15) is 0 Å². The highest BCUT2D eigenvalue weighted by molar-refractivity contribution is 7.13. The summed E-state index contributed by atoms with van der Waals surface area (Å²) in [5.74, 6) is 0.222. The third-order valence-corrected chi connectivity index (χ3v) is 6.21. The first-order chi connectivity index (χ1) is 14.2. The summed E-state index contributed by atoms with van der Waals surface area (Å²) in [6.45, 7) is 2.88. The second kappa shape index (κ2) is 11.1. The smallest absolute Gasteiger partial charge is 0.254 e. The number of carbonyl (C=O) groups is 2. The van der Waals surface area contributed by atoms with Crippen molar-refractivity contribution in [1.29, 1.82) is 0 Å². The van der Waals surface area contributed by atoms with Gasteiger partial charge in [0.2, 0.25) is 5.91 Å². The van der Waals surface area contributed by atoms with Crippen LogP contribution in [0.2, 0.25) is 0 Å². The molecule has 1 fully saturated rings. The van der Waals surface area contributed by atoms with Crippen LogP contribution in [0.25, 0.3) is 0 Å². The molecule has 0 aliphatic heterocycles. The molecule has 1 heterocycles.